The molecule has 0 fully saturated rings. The van der Waals surface area contributed by atoms with Gasteiger partial charge in [0.05, 0.1) is 18.9 Å². The minimum Gasteiger partial charge on any atom is -0.481 e. The summed E-state index contributed by atoms with van der Waals surface area (Å²) in [5.41, 5.74) is 11.0. The molecule has 0 bridgehead atoms. The number of carboxylic acids is 2. The van der Waals surface area contributed by atoms with E-state index in [4.69, 9.17) is 21.7 Å². The molecule has 0 aromatic heterocycles. The van der Waals surface area contributed by atoms with Crippen LogP contribution < -0.4 is 27.4 Å². The van der Waals surface area contributed by atoms with E-state index in [0.29, 0.717) is 12.8 Å². The van der Waals surface area contributed by atoms with Crippen LogP contribution in [-0.4, -0.2) is 69.9 Å². The molecule has 0 aliphatic rings. The number of rotatable bonds is 15. The Labute approximate surface area is 192 Å². The van der Waals surface area contributed by atoms with Gasteiger partial charge in [0.15, 0.2) is 0 Å². The summed E-state index contributed by atoms with van der Waals surface area (Å²) < 4.78 is 0. The van der Waals surface area contributed by atoms with E-state index < -0.39 is 72.6 Å². The number of hydrogen-bond donors (Lipinski definition) is 7. The second-order valence-corrected chi connectivity index (χ2v) is 8.34. The van der Waals surface area contributed by atoms with Crippen molar-refractivity contribution < 1.29 is 39.0 Å². The first-order valence-corrected chi connectivity index (χ1v) is 10.6. The molecule has 0 aliphatic heterocycles. The van der Waals surface area contributed by atoms with Crippen LogP contribution in [0, 0.1) is 11.8 Å². The van der Waals surface area contributed by atoms with E-state index in [1.807, 2.05) is 19.2 Å². The standard InChI is InChI=1S/C20H35N5O8/c1-5-10(4)16(25-17(29)11(21)6-9(2)3)19(31)23-12(7-14(22)26)18(30)24-13(20(32)33)8-15(27)28/h9-13,16H,5-8,21H2,1-4H3,(H2,22,26)(H,23,31)(H,24,30)(H,25,29)(H,27,28)(H,32,33). The van der Waals surface area contributed by atoms with Crippen molar-refractivity contribution in [3.63, 3.8) is 0 Å². The van der Waals surface area contributed by atoms with E-state index in [0.717, 1.165) is 0 Å². The number of hydrogen-bond acceptors (Lipinski definition) is 7. The molecular weight excluding hydrogens is 438 g/mol. The van der Waals surface area contributed by atoms with E-state index in [2.05, 4.69) is 10.6 Å². The Balaban J connectivity index is 5.59. The molecule has 0 spiro atoms. The zero-order chi connectivity index (χ0) is 25.9. The molecule has 0 aliphatic carbocycles. The highest BCUT2D eigenvalue weighted by atomic mass is 16.4. The maximum atomic E-state index is 12.9. The van der Waals surface area contributed by atoms with Gasteiger partial charge in [-0.2, -0.15) is 0 Å². The lowest BCUT2D eigenvalue weighted by Crippen LogP contribution is -2.59. The van der Waals surface area contributed by atoms with Crippen LogP contribution in [0.15, 0.2) is 0 Å². The van der Waals surface area contributed by atoms with Crippen LogP contribution in [0.2, 0.25) is 0 Å². The summed E-state index contributed by atoms with van der Waals surface area (Å²) in [4.78, 5) is 71.3. The Kier molecular flexibility index (Phi) is 12.7. The van der Waals surface area contributed by atoms with Crippen LogP contribution in [0.5, 0.6) is 0 Å². The molecule has 9 N–H and O–H groups in total. The highest BCUT2D eigenvalue weighted by Crippen LogP contribution is 2.11. The maximum absolute atomic E-state index is 12.9. The van der Waals surface area contributed by atoms with Crippen molar-refractivity contribution in [1.82, 2.24) is 16.0 Å². The molecule has 0 heterocycles. The van der Waals surface area contributed by atoms with Gasteiger partial charge in [0.2, 0.25) is 23.6 Å². The Morgan fingerprint density at radius 3 is 1.79 bits per heavy atom. The first-order chi connectivity index (χ1) is 15.2. The van der Waals surface area contributed by atoms with Gasteiger partial charge in [0.1, 0.15) is 18.1 Å². The van der Waals surface area contributed by atoms with Gasteiger partial charge in [-0.1, -0.05) is 34.1 Å². The van der Waals surface area contributed by atoms with Gasteiger partial charge in [-0.25, -0.2) is 4.79 Å². The number of primary amides is 1. The highest BCUT2D eigenvalue weighted by molar-refractivity contribution is 5.96. The second-order valence-electron chi connectivity index (χ2n) is 8.34. The molecule has 5 atom stereocenters. The van der Waals surface area contributed by atoms with Crippen molar-refractivity contribution in [2.75, 3.05) is 0 Å². The van der Waals surface area contributed by atoms with Crippen LogP contribution in [0.25, 0.3) is 0 Å². The summed E-state index contributed by atoms with van der Waals surface area (Å²) in [5, 5.41) is 24.7. The largest absolute Gasteiger partial charge is 0.481 e. The number of nitrogens with one attached hydrogen (secondary N) is 3. The zero-order valence-electron chi connectivity index (χ0n) is 19.3. The molecule has 0 saturated carbocycles. The minimum absolute atomic E-state index is 0.137. The molecule has 5 unspecified atom stereocenters. The third kappa shape index (κ3) is 11.3. The van der Waals surface area contributed by atoms with E-state index in [1.165, 1.54) is 0 Å². The van der Waals surface area contributed by atoms with E-state index in [-0.39, 0.29) is 11.8 Å². The van der Waals surface area contributed by atoms with Gasteiger partial charge >= 0.3 is 11.9 Å². The second kappa shape index (κ2) is 14.0. The summed E-state index contributed by atoms with van der Waals surface area (Å²) in [6.45, 7) is 7.23. The third-order valence-electron chi connectivity index (χ3n) is 4.89. The first-order valence-electron chi connectivity index (χ1n) is 10.6. The topological polar surface area (TPSA) is 231 Å². The molecular formula is C20H35N5O8. The van der Waals surface area contributed by atoms with Crippen molar-refractivity contribution in [3.05, 3.63) is 0 Å². The van der Waals surface area contributed by atoms with Gasteiger partial charge in [0, 0.05) is 0 Å². The Bertz CT molecular complexity index is 742. The van der Waals surface area contributed by atoms with Gasteiger partial charge in [-0.3, -0.25) is 24.0 Å². The fourth-order valence-electron chi connectivity index (χ4n) is 2.90. The number of carbonyl (C=O) groups excluding carboxylic acids is 4. The van der Waals surface area contributed by atoms with Gasteiger partial charge < -0.3 is 37.6 Å². The van der Waals surface area contributed by atoms with E-state index in [9.17, 15) is 28.8 Å². The van der Waals surface area contributed by atoms with Crippen LogP contribution >= 0.6 is 0 Å². The van der Waals surface area contributed by atoms with Crippen molar-refractivity contribution in [2.24, 2.45) is 23.3 Å². The number of amides is 4. The molecule has 0 aromatic rings. The van der Waals surface area contributed by atoms with Gasteiger partial charge in [-0.05, 0) is 18.3 Å². The molecule has 0 radical (unpaired) electrons. The Morgan fingerprint density at radius 2 is 1.36 bits per heavy atom. The van der Waals surface area contributed by atoms with Gasteiger partial charge in [-0.15, -0.1) is 0 Å². The normalized spacial score (nSPS) is 15.5. The summed E-state index contributed by atoms with van der Waals surface area (Å²) in [5.74, 6) is -6.78. The fourth-order valence-corrected chi connectivity index (χ4v) is 2.90. The molecule has 4 amide bonds. The lowest BCUT2D eigenvalue weighted by molar-refractivity contribution is -0.147. The Hall–Kier alpha value is -3.22. The molecule has 33 heavy (non-hydrogen) atoms. The van der Waals surface area contributed by atoms with Gasteiger partial charge in [0.25, 0.3) is 0 Å². The predicted molar refractivity (Wildman–Crippen MR) is 116 cm³/mol. The third-order valence-corrected chi connectivity index (χ3v) is 4.89. The predicted octanol–water partition coefficient (Wildman–Crippen LogP) is -1.70. The number of carboxylic acid groups (broad SMARTS) is 2. The van der Waals surface area contributed by atoms with Crippen LogP contribution in [0.1, 0.15) is 53.4 Å². The number of nitrogens with two attached hydrogens (primary N) is 2. The Morgan fingerprint density at radius 1 is 0.818 bits per heavy atom. The molecule has 13 heteroatoms. The zero-order valence-corrected chi connectivity index (χ0v) is 19.3. The van der Waals surface area contributed by atoms with Crippen molar-refractivity contribution in [1.29, 1.82) is 0 Å². The molecule has 188 valence electrons. The lowest BCUT2D eigenvalue weighted by Gasteiger charge is -2.27. The van der Waals surface area contributed by atoms with Crippen LogP contribution in [0.3, 0.4) is 0 Å². The van der Waals surface area contributed by atoms with Crippen LogP contribution in [0.4, 0.5) is 0 Å². The van der Waals surface area contributed by atoms with Crippen LogP contribution in [-0.2, 0) is 28.8 Å². The quantitative estimate of drug-likeness (QED) is 0.143. The molecule has 0 saturated heterocycles. The molecule has 0 aromatic carbocycles. The first kappa shape index (κ1) is 29.8. The summed E-state index contributed by atoms with van der Waals surface area (Å²) >= 11 is 0. The summed E-state index contributed by atoms with van der Waals surface area (Å²) in [6, 6.07) is -5.33. The fraction of sp³-hybridized carbons (Fsp3) is 0.700. The SMILES string of the molecule is CCC(C)C(NC(=O)C(N)CC(C)C)C(=O)NC(CC(N)=O)C(=O)NC(CC(=O)O)C(=O)O. The molecule has 13 nitrogen and oxygen atoms in total. The summed E-state index contributed by atoms with van der Waals surface area (Å²) in [6.07, 6.45) is -0.736. The molecule has 0 rings (SSSR count). The number of aliphatic carboxylic acids is 2. The monoisotopic (exact) mass is 473 g/mol. The van der Waals surface area contributed by atoms with E-state index in [1.54, 1.807) is 13.8 Å². The average molecular weight is 474 g/mol. The van der Waals surface area contributed by atoms with E-state index >= 15 is 0 Å². The van der Waals surface area contributed by atoms with Crippen molar-refractivity contribution in [3.8, 4) is 0 Å². The minimum atomic E-state index is -1.79. The summed E-state index contributed by atoms with van der Waals surface area (Å²) in [7, 11) is 0. The maximum Gasteiger partial charge on any atom is 0.326 e. The van der Waals surface area contributed by atoms with Crippen molar-refractivity contribution in [2.45, 2.75) is 77.5 Å². The lowest BCUT2D eigenvalue weighted by atomic mass is 9.96. The number of carbonyl (C=O) groups is 6. The van der Waals surface area contributed by atoms with Crippen molar-refractivity contribution >= 4 is 35.6 Å². The highest BCUT2D eigenvalue weighted by Gasteiger charge is 2.33. The average Bonchev–Trinajstić information content (AvgIpc) is 2.68. The smallest absolute Gasteiger partial charge is 0.326 e.